The third kappa shape index (κ3) is 3.09. The number of rotatable bonds is 6. The van der Waals surface area contributed by atoms with Gasteiger partial charge in [0, 0.05) is 12.4 Å². The molecule has 0 bridgehead atoms. The number of nitrogens with two attached hydrogens (primary N) is 1. The second-order valence-corrected chi connectivity index (χ2v) is 5.86. The Hall–Kier alpha value is -1.63. The van der Waals surface area contributed by atoms with Gasteiger partial charge in [-0.25, -0.2) is 4.98 Å². The van der Waals surface area contributed by atoms with E-state index in [1.165, 1.54) is 0 Å². The fourth-order valence-corrected chi connectivity index (χ4v) is 2.88. The molecule has 0 radical (unpaired) electrons. The van der Waals surface area contributed by atoms with Crippen molar-refractivity contribution in [3.05, 3.63) is 16.1 Å². The van der Waals surface area contributed by atoms with Crippen molar-refractivity contribution in [3.63, 3.8) is 0 Å². The first-order valence-corrected chi connectivity index (χ1v) is 7.43. The van der Waals surface area contributed by atoms with E-state index in [4.69, 9.17) is 10.9 Å². The number of carbonyl (C=O) groups is 1. The molecule has 0 unspecified atom stereocenters. The quantitative estimate of drug-likeness (QED) is 0.363. The highest BCUT2D eigenvalue weighted by Crippen LogP contribution is 2.29. The SMILES string of the molecule is CCC(CC)(C(=O)N(C)Cc1csc(C)n1)C(N)=NO. The highest BCUT2D eigenvalue weighted by atomic mass is 32.1. The van der Waals surface area contributed by atoms with E-state index in [2.05, 4.69) is 10.1 Å². The summed E-state index contributed by atoms with van der Waals surface area (Å²) in [7, 11) is 1.71. The van der Waals surface area contributed by atoms with E-state index in [9.17, 15) is 4.79 Å². The number of amides is 1. The van der Waals surface area contributed by atoms with Crippen LogP contribution in [0.25, 0.3) is 0 Å². The van der Waals surface area contributed by atoms with Gasteiger partial charge in [0.15, 0.2) is 5.84 Å². The van der Waals surface area contributed by atoms with E-state index in [1.54, 1.807) is 23.3 Å². The lowest BCUT2D eigenvalue weighted by molar-refractivity contribution is -0.138. The molecule has 1 amide bonds. The van der Waals surface area contributed by atoms with Crippen molar-refractivity contribution in [3.8, 4) is 0 Å². The van der Waals surface area contributed by atoms with Crippen molar-refractivity contribution >= 4 is 23.1 Å². The van der Waals surface area contributed by atoms with Crippen LogP contribution in [0.2, 0.25) is 0 Å². The number of aryl methyl sites for hydroxylation is 1. The van der Waals surface area contributed by atoms with Gasteiger partial charge in [0.05, 0.1) is 17.2 Å². The molecule has 0 atom stereocenters. The number of thiazole rings is 1. The molecule has 0 saturated heterocycles. The second-order valence-electron chi connectivity index (χ2n) is 4.79. The third-order valence-electron chi connectivity index (χ3n) is 3.63. The molecule has 1 heterocycles. The maximum atomic E-state index is 12.7. The fraction of sp³-hybridized carbons (Fsp3) is 0.615. The third-order valence-corrected chi connectivity index (χ3v) is 4.45. The molecule has 0 fully saturated rings. The van der Waals surface area contributed by atoms with Gasteiger partial charge in [0.2, 0.25) is 5.91 Å². The predicted molar refractivity (Wildman–Crippen MR) is 79.7 cm³/mol. The molecule has 0 spiro atoms. The molecule has 1 rings (SSSR count). The van der Waals surface area contributed by atoms with Crippen LogP contribution in [0.4, 0.5) is 0 Å². The van der Waals surface area contributed by atoms with E-state index < -0.39 is 5.41 Å². The number of oxime groups is 1. The molecular formula is C13H22N4O2S. The van der Waals surface area contributed by atoms with E-state index in [0.29, 0.717) is 19.4 Å². The van der Waals surface area contributed by atoms with Crippen molar-refractivity contribution in [2.75, 3.05) is 7.05 Å². The van der Waals surface area contributed by atoms with Crippen LogP contribution in [0.3, 0.4) is 0 Å². The van der Waals surface area contributed by atoms with Gasteiger partial charge >= 0.3 is 0 Å². The average Bonchev–Trinajstić information content (AvgIpc) is 2.85. The maximum Gasteiger partial charge on any atom is 0.236 e. The zero-order valence-electron chi connectivity index (χ0n) is 12.4. The summed E-state index contributed by atoms with van der Waals surface area (Å²) in [4.78, 5) is 18.6. The molecule has 1 aromatic heterocycles. The monoisotopic (exact) mass is 298 g/mol. The Bertz CT molecular complexity index is 494. The van der Waals surface area contributed by atoms with E-state index in [0.717, 1.165) is 10.7 Å². The molecule has 3 N–H and O–H groups in total. The van der Waals surface area contributed by atoms with Crippen molar-refractivity contribution in [1.82, 2.24) is 9.88 Å². The van der Waals surface area contributed by atoms with Gasteiger partial charge < -0.3 is 15.8 Å². The number of carbonyl (C=O) groups excluding carboxylic acids is 1. The van der Waals surface area contributed by atoms with E-state index >= 15 is 0 Å². The van der Waals surface area contributed by atoms with Gasteiger partial charge in [-0.15, -0.1) is 11.3 Å². The average molecular weight is 298 g/mol. The Morgan fingerprint density at radius 2 is 2.15 bits per heavy atom. The standard InChI is InChI=1S/C13H22N4O2S/c1-5-13(6-2,11(14)16-19)12(18)17(4)7-10-8-20-9(3)15-10/h8,19H,5-7H2,1-4H3,(H2,14,16). The number of nitrogens with zero attached hydrogens (tertiary/aromatic N) is 3. The van der Waals surface area contributed by atoms with Crippen LogP contribution in [0.1, 0.15) is 37.4 Å². The summed E-state index contributed by atoms with van der Waals surface area (Å²) >= 11 is 1.55. The molecule has 0 aliphatic rings. The summed E-state index contributed by atoms with van der Waals surface area (Å²) in [5, 5.41) is 14.9. The number of hydrogen-bond acceptors (Lipinski definition) is 5. The zero-order valence-corrected chi connectivity index (χ0v) is 13.2. The Balaban J connectivity index is 2.95. The van der Waals surface area contributed by atoms with Gasteiger partial charge in [0.1, 0.15) is 5.41 Å². The predicted octanol–water partition coefficient (Wildman–Crippen LogP) is 1.96. The van der Waals surface area contributed by atoms with Gasteiger partial charge in [-0.1, -0.05) is 19.0 Å². The Morgan fingerprint density at radius 1 is 1.55 bits per heavy atom. The van der Waals surface area contributed by atoms with Crippen LogP contribution in [-0.2, 0) is 11.3 Å². The molecule has 0 aromatic carbocycles. The first-order valence-electron chi connectivity index (χ1n) is 6.55. The number of amidine groups is 1. The molecular weight excluding hydrogens is 276 g/mol. The Morgan fingerprint density at radius 3 is 2.55 bits per heavy atom. The first-order chi connectivity index (χ1) is 9.41. The minimum Gasteiger partial charge on any atom is -0.409 e. The van der Waals surface area contributed by atoms with Crippen LogP contribution in [0.5, 0.6) is 0 Å². The van der Waals surface area contributed by atoms with Crippen molar-refractivity contribution in [2.24, 2.45) is 16.3 Å². The molecule has 0 saturated carbocycles. The van der Waals surface area contributed by atoms with Crippen LogP contribution in [-0.4, -0.2) is 33.9 Å². The maximum absolute atomic E-state index is 12.7. The van der Waals surface area contributed by atoms with Crippen molar-refractivity contribution in [2.45, 2.75) is 40.2 Å². The summed E-state index contributed by atoms with van der Waals surface area (Å²) in [6.45, 7) is 6.07. The summed E-state index contributed by atoms with van der Waals surface area (Å²) in [5.74, 6) is -0.183. The zero-order chi connectivity index (χ0) is 15.3. The van der Waals surface area contributed by atoms with Crippen LogP contribution >= 0.6 is 11.3 Å². The second kappa shape index (κ2) is 6.69. The molecule has 1 aromatic rings. The van der Waals surface area contributed by atoms with E-state index in [-0.39, 0.29) is 11.7 Å². The van der Waals surface area contributed by atoms with Gasteiger partial charge in [-0.05, 0) is 19.8 Å². The number of aromatic nitrogens is 1. The summed E-state index contributed by atoms with van der Waals surface area (Å²) in [5.41, 5.74) is 5.65. The summed E-state index contributed by atoms with van der Waals surface area (Å²) in [6, 6.07) is 0. The highest BCUT2D eigenvalue weighted by molar-refractivity contribution is 7.09. The van der Waals surface area contributed by atoms with Crippen LogP contribution in [0, 0.1) is 12.3 Å². The minimum absolute atomic E-state index is 0.0335. The molecule has 0 aliphatic carbocycles. The minimum atomic E-state index is -0.950. The first kappa shape index (κ1) is 16.4. The molecule has 20 heavy (non-hydrogen) atoms. The van der Waals surface area contributed by atoms with Crippen LogP contribution < -0.4 is 5.73 Å². The lowest BCUT2D eigenvalue weighted by Crippen LogP contribution is -2.49. The highest BCUT2D eigenvalue weighted by Gasteiger charge is 2.41. The topological polar surface area (TPSA) is 91.8 Å². The van der Waals surface area contributed by atoms with Crippen LogP contribution in [0.15, 0.2) is 10.5 Å². The summed E-state index contributed by atoms with van der Waals surface area (Å²) in [6.07, 6.45) is 0.970. The van der Waals surface area contributed by atoms with Crippen molar-refractivity contribution < 1.29 is 10.0 Å². The Kier molecular flexibility index (Phi) is 5.50. The Labute approximate surface area is 123 Å². The molecule has 6 nitrogen and oxygen atoms in total. The molecule has 7 heteroatoms. The fourth-order valence-electron chi connectivity index (χ4n) is 2.28. The number of hydrogen-bond donors (Lipinski definition) is 2. The van der Waals surface area contributed by atoms with Gasteiger partial charge in [0.25, 0.3) is 0 Å². The molecule has 0 aliphatic heterocycles. The summed E-state index contributed by atoms with van der Waals surface area (Å²) < 4.78 is 0. The smallest absolute Gasteiger partial charge is 0.236 e. The lowest BCUT2D eigenvalue weighted by Gasteiger charge is -2.32. The van der Waals surface area contributed by atoms with Gasteiger partial charge in [-0.2, -0.15) is 0 Å². The normalized spacial score (nSPS) is 12.5. The molecule has 112 valence electrons. The lowest BCUT2D eigenvalue weighted by atomic mass is 9.79. The van der Waals surface area contributed by atoms with Crippen molar-refractivity contribution in [1.29, 1.82) is 0 Å². The van der Waals surface area contributed by atoms with Gasteiger partial charge in [-0.3, -0.25) is 4.79 Å². The largest absolute Gasteiger partial charge is 0.409 e. The van der Waals surface area contributed by atoms with E-state index in [1.807, 2.05) is 26.2 Å².